The van der Waals surface area contributed by atoms with Gasteiger partial charge < -0.3 is 10.6 Å². The first-order chi connectivity index (χ1) is 13.1. The fourth-order valence-corrected chi connectivity index (χ4v) is 4.24. The van der Waals surface area contributed by atoms with Gasteiger partial charge in [-0.2, -0.15) is 0 Å². The number of carbonyl (C=O) groups excluding carboxylic acids is 2. The van der Waals surface area contributed by atoms with E-state index in [1.807, 2.05) is 48.5 Å². The van der Waals surface area contributed by atoms with Crippen molar-refractivity contribution in [1.29, 1.82) is 0 Å². The molecule has 5 nitrogen and oxygen atoms in total. The van der Waals surface area contributed by atoms with Crippen molar-refractivity contribution in [2.24, 2.45) is 0 Å². The van der Waals surface area contributed by atoms with Gasteiger partial charge in [0, 0.05) is 29.5 Å². The van der Waals surface area contributed by atoms with Gasteiger partial charge in [-0.3, -0.25) is 9.69 Å². The van der Waals surface area contributed by atoms with Gasteiger partial charge >= 0.3 is 6.03 Å². The normalized spacial score (nSPS) is 18.4. The molecule has 1 saturated heterocycles. The first-order valence-corrected chi connectivity index (χ1v) is 9.69. The van der Waals surface area contributed by atoms with Crippen LogP contribution in [-0.2, 0) is 10.2 Å². The molecule has 4 rings (SSSR count). The Morgan fingerprint density at radius 2 is 1.85 bits per heavy atom. The van der Waals surface area contributed by atoms with Crippen LogP contribution < -0.4 is 15.5 Å². The van der Waals surface area contributed by atoms with E-state index in [1.165, 1.54) is 0 Å². The van der Waals surface area contributed by atoms with E-state index in [1.54, 1.807) is 4.90 Å². The van der Waals surface area contributed by atoms with E-state index < -0.39 is 5.41 Å². The summed E-state index contributed by atoms with van der Waals surface area (Å²) >= 11 is 6.03. The van der Waals surface area contributed by atoms with Gasteiger partial charge in [-0.25, -0.2) is 4.79 Å². The van der Waals surface area contributed by atoms with Crippen molar-refractivity contribution in [3.63, 3.8) is 0 Å². The molecule has 6 heteroatoms. The van der Waals surface area contributed by atoms with Crippen LogP contribution in [-0.4, -0.2) is 25.0 Å². The molecule has 2 aliphatic rings. The Labute approximate surface area is 163 Å². The number of rotatable bonds is 4. The average Bonchev–Trinajstić information content (AvgIpc) is 3.32. The van der Waals surface area contributed by atoms with E-state index in [0.717, 1.165) is 36.9 Å². The lowest BCUT2D eigenvalue weighted by Crippen LogP contribution is -2.38. The third-order valence-corrected chi connectivity index (χ3v) is 5.81. The van der Waals surface area contributed by atoms with Crippen molar-refractivity contribution in [1.82, 2.24) is 5.32 Å². The van der Waals surface area contributed by atoms with Gasteiger partial charge in [0.25, 0.3) is 0 Å². The molecule has 2 N–H and O–H groups in total. The standard InChI is InChI=1S/C21H22ClN3O2/c22-16-8-6-15(7-9-16)21(10-1-2-11-21)19(26)24-17-4-3-5-18(14-17)25-13-12-23-20(25)27/h3-9,14H,1-2,10-13H2,(H,23,27)(H,24,26). The van der Waals surface area contributed by atoms with E-state index in [2.05, 4.69) is 10.6 Å². The van der Waals surface area contributed by atoms with Crippen LogP contribution in [0.25, 0.3) is 0 Å². The highest BCUT2D eigenvalue weighted by molar-refractivity contribution is 6.30. The highest BCUT2D eigenvalue weighted by Gasteiger charge is 2.42. The quantitative estimate of drug-likeness (QED) is 0.825. The summed E-state index contributed by atoms with van der Waals surface area (Å²) in [6.07, 6.45) is 3.72. The summed E-state index contributed by atoms with van der Waals surface area (Å²) in [5, 5.41) is 6.55. The van der Waals surface area contributed by atoms with E-state index in [0.29, 0.717) is 23.8 Å². The number of anilines is 2. The summed E-state index contributed by atoms with van der Waals surface area (Å²) in [5.41, 5.74) is 1.98. The van der Waals surface area contributed by atoms with Crippen LogP contribution in [0.15, 0.2) is 48.5 Å². The highest BCUT2D eigenvalue weighted by atomic mass is 35.5. The zero-order valence-electron chi connectivity index (χ0n) is 15.0. The predicted molar refractivity (Wildman–Crippen MR) is 107 cm³/mol. The molecule has 0 spiro atoms. The van der Waals surface area contributed by atoms with Crippen molar-refractivity contribution in [3.8, 4) is 0 Å². The minimum absolute atomic E-state index is 0.00495. The largest absolute Gasteiger partial charge is 0.336 e. The second-order valence-corrected chi connectivity index (χ2v) is 7.62. The van der Waals surface area contributed by atoms with Gasteiger partial charge in [-0.05, 0) is 48.7 Å². The predicted octanol–water partition coefficient (Wildman–Crippen LogP) is 4.32. The first-order valence-electron chi connectivity index (χ1n) is 9.31. The van der Waals surface area contributed by atoms with Crippen LogP contribution >= 0.6 is 11.6 Å². The number of amides is 3. The number of nitrogens with one attached hydrogen (secondary N) is 2. The smallest absolute Gasteiger partial charge is 0.321 e. The molecule has 1 heterocycles. The number of urea groups is 1. The molecule has 2 fully saturated rings. The second kappa shape index (κ2) is 7.24. The zero-order valence-corrected chi connectivity index (χ0v) is 15.8. The molecular formula is C21H22ClN3O2. The summed E-state index contributed by atoms with van der Waals surface area (Å²) in [4.78, 5) is 26.9. The number of halogens is 1. The molecule has 140 valence electrons. The molecule has 1 aliphatic carbocycles. The lowest BCUT2D eigenvalue weighted by atomic mass is 9.78. The Hall–Kier alpha value is -2.53. The molecule has 0 bridgehead atoms. The number of nitrogens with zero attached hydrogens (tertiary/aromatic N) is 1. The molecule has 2 aromatic rings. The van der Waals surface area contributed by atoms with Crippen LogP contribution in [0.3, 0.4) is 0 Å². The molecule has 27 heavy (non-hydrogen) atoms. The van der Waals surface area contributed by atoms with Crippen molar-refractivity contribution in [2.75, 3.05) is 23.3 Å². The Kier molecular flexibility index (Phi) is 4.79. The Balaban J connectivity index is 1.58. The first kappa shape index (κ1) is 17.9. The van der Waals surface area contributed by atoms with Crippen molar-refractivity contribution in [2.45, 2.75) is 31.1 Å². The Morgan fingerprint density at radius 1 is 1.11 bits per heavy atom. The maximum absolute atomic E-state index is 13.3. The van der Waals surface area contributed by atoms with Gasteiger partial charge in [-0.1, -0.05) is 42.6 Å². The minimum Gasteiger partial charge on any atom is -0.336 e. The third-order valence-electron chi connectivity index (χ3n) is 5.56. The lowest BCUT2D eigenvalue weighted by molar-refractivity contribution is -0.121. The van der Waals surface area contributed by atoms with E-state index >= 15 is 0 Å². The molecule has 1 saturated carbocycles. The zero-order chi connectivity index (χ0) is 18.9. The molecular weight excluding hydrogens is 362 g/mol. The minimum atomic E-state index is -0.522. The summed E-state index contributed by atoms with van der Waals surface area (Å²) in [6.45, 7) is 1.26. The van der Waals surface area contributed by atoms with Crippen LogP contribution in [0.1, 0.15) is 31.2 Å². The van der Waals surface area contributed by atoms with Crippen LogP contribution in [0.2, 0.25) is 5.02 Å². The Morgan fingerprint density at radius 3 is 2.52 bits per heavy atom. The maximum Gasteiger partial charge on any atom is 0.321 e. The maximum atomic E-state index is 13.3. The summed E-state index contributed by atoms with van der Waals surface area (Å²) in [7, 11) is 0. The molecule has 0 aromatic heterocycles. The number of benzene rings is 2. The van der Waals surface area contributed by atoms with Gasteiger partial charge in [0.05, 0.1) is 5.41 Å². The van der Waals surface area contributed by atoms with Crippen molar-refractivity contribution >= 4 is 34.9 Å². The summed E-state index contributed by atoms with van der Waals surface area (Å²) in [6, 6.07) is 15.0. The highest BCUT2D eigenvalue weighted by Crippen LogP contribution is 2.42. The van der Waals surface area contributed by atoms with Gasteiger partial charge in [0.15, 0.2) is 0 Å². The van der Waals surface area contributed by atoms with E-state index in [4.69, 9.17) is 11.6 Å². The number of carbonyl (C=O) groups is 2. The lowest BCUT2D eigenvalue weighted by Gasteiger charge is -2.28. The van der Waals surface area contributed by atoms with Crippen molar-refractivity contribution < 1.29 is 9.59 Å². The summed E-state index contributed by atoms with van der Waals surface area (Å²) < 4.78 is 0. The molecule has 3 amide bonds. The Bertz CT molecular complexity index is 860. The average molecular weight is 384 g/mol. The van der Waals surface area contributed by atoms with E-state index in [-0.39, 0.29) is 11.9 Å². The third kappa shape index (κ3) is 3.39. The fourth-order valence-electron chi connectivity index (χ4n) is 4.11. The molecule has 0 unspecified atom stereocenters. The topological polar surface area (TPSA) is 61.4 Å². The van der Waals surface area contributed by atoms with Gasteiger partial charge in [0.2, 0.25) is 5.91 Å². The summed E-state index contributed by atoms with van der Waals surface area (Å²) in [5.74, 6) is 0.00495. The van der Waals surface area contributed by atoms with Crippen LogP contribution in [0.5, 0.6) is 0 Å². The monoisotopic (exact) mass is 383 g/mol. The fraction of sp³-hybridized carbons (Fsp3) is 0.333. The second-order valence-electron chi connectivity index (χ2n) is 7.18. The van der Waals surface area contributed by atoms with Crippen molar-refractivity contribution in [3.05, 3.63) is 59.1 Å². The molecule has 0 atom stereocenters. The van der Waals surface area contributed by atoms with Gasteiger partial charge in [0.1, 0.15) is 0 Å². The van der Waals surface area contributed by atoms with Gasteiger partial charge in [-0.15, -0.1) is 0 Å². The number of hydrogen-bond acceptors (Lipinski definition) is 2. The van der Waals surface area contributed by atoms with Crippen LogP contribution in [0, 0.1) is 0 Å². The van der Waals surface area contributed by atoms with Crippen LogP contribution in [0.4, 0.5) is 16.2 Å². The number of hydrogen-bond donors (Lipinski definition) is 2. The molecule has 0 radical (unpaired) electrons. The van der Waals surface area contributed by atoms with E-state index in [9.17, 15) is 9.59 Å². The SMILES string of the molecule is O=C1NCCN1c1cccc(NC(=O)C2(c3ccc(Cl)cc3)CCCC2)c1. The molecule has 1 aliphatic heterocycles. The molecule has 2 aromatic carbocycles.